The van der Waals surface area contributed by atoms with Gasteiger partial charge in [-0.15, -0.1) is 0 Å². The first-order chi connectivity index (χ1) is 14.5. The molecule has 7 heteroatoms. The van der Waals surface area contributed by atoms with Crippen LogP contribution in [-0.4, -0.2) is 49.6 Å². The molecule has 0 unspecified atom stereocenters. The topological polar surface area (TPSA) is 56.0 Å². The Hall–Kier alpha value is -2.44. The minimum atomic E-state index is 0.208. The monoisotopic (exact) mass is 425 g/mol. The standard InChI is InChI=1S/C23H28ClN5O/c1-17-13-22(18(2)28(17)12-7-19-3-5-20(24)6-4-19)23(30)14-27-10-8-21(9-11-27)29-16-25-15-26-29/h3-6,13,15-16,21H,7-12,14H2,1-2H3. The number of Topliss-reactive ketones (excluding diaryl/α,β-unsaturated/α-hetero) is 1. The van der Waals surface area contributed by atoms with E-state index in [2.05, 4.69) is 45.5 Å². The maximum atomic E-state index is 13.0. The Morgan fingerprint density at radius 3 is 2.57 bits per heavy atom. The summed E-state index contributed by atoms with van der Waals surface area (Å²) >= 11 is 5.98. The molecule has 4 rings (SSSR count). The SMILES string of the molecule is Cc1cc(C(=O)CN2CCC(n3cncn3)CC2)c(C)n1CCc1ccc(Cl)cc1. The number of nitrogens with zero attached hydrogens (tertiary/aromatic N) is 5. The molecule has 0 N–H and O–H groups in total. The highest BCUT2D eigenvalue weighted by Crippen LogP contribution is 2.22. The second kappa shape index (κ2) is 9.14. The summed E-state index contributed by atoms with van der Waals surface area (Å²) in [6.07, 6.45) is 6.27. The number of carbonyl (C=O) groups excluding carboxylic acids is 1. The fraction of sp³-hybridized carbons (Fsp3) is 0.435. The van der Waals surface area contributed by atoms with Crippen LogP contribution in [0.15, 0.2) is 43.0 Å². The Balaban J connectivity index is 1.35. The Labute approximate surface area is 182 Å². The van der Waals surface area contributed by atoms with E-state index >= 15 is 0 Å². The Morgan fingerprint density at radius 1 is 1.17 bits per heavy atom. The summed E-state index contributed by atoms with van der Waals surface area (Å²) in [5, 5.41) is 5.01. The smallest absolute Gasteiger partial charge is 0.178 e. The molecular formula is C23H28ClN5O. The molecule has 1 aromatic carbocycles. The number of carbonyl (C=O) groups is 1. The van der Waals surface area contributed by atoms with E-state index in [9.17, 15) is 4.79 Å². The van der Waals surface area contributed by atoms with Crippen LogP contribution in [0.5, 0.6) is 0 Å². The van der Waals surface area contributed by atoms with Gasteiger partial charge in [-0.05, 0) is 56.9 Å². The van der Waals surface area contributed by atoms with Crippen LogP contribution in [0, 0.1) is 13.8 Å². The first-order valence-corrected chi connectivity index (χ1v) is 10.9. The van der Waals surface area contributed by atoms with Crippen LogP contribution in [-0.2, 0) is 13.0 Å². The van der Waals surface area contributed by atoms with Crippen molar-refractivity contribution in [2.75, 3.05) is 19.6 Å². The lowest BCUT2D eigenvalue weighted by molar-refractivity contribution is 0.0894. The van der Waals surface area contributed by atoms with Gasteiger partial charge in [0.05, 0.1) is 12.6 Å². The second-order valence-electron chi connectivity index (χ2n) is 8.12. The van der Waals surface area contributed by atoms with Gasteiger partial charge >= 0.3 is 0 Å². The molecule has 0 atom stereocenters. The zero-order chi connectivity index (χ0) is 21.1. The van der Waals surface area contributed by atoms with E-state index in [0.717, 1.165) is 60.9 Å². The number of benzene rings is 1. The second-order valence-corrected chi connectivity index (χ2v) is 8.56. The van der Waals surface area contributed by atoms with E-state index in [1.165, 1.54) is 5.56 Å². The average molecular weight is 426 g/mol. The fourth-order valence-corrected chi connectivity index (χ4v) is 4.48. The summed E-state index contributed by atoms with van der Waals surface area (Å²) in [5.41, 5.74) is 4.29. The van der Waals surface area contributed by atoms with Gasteiger partial charge in [-0.1, -0.05) is 23.7 Å². The molecule has 3 heterocycles. The van der Waals surface area contributed by atoms with Gasteiger partial charge in [0.2, 0.25) is 0 Å². The number of piperidine rings is 1. The van der Waals surface area contributed by atoms with E-state index < -0.39 is 0 Å². The highest BCUT2D eigenvalue weighted by Gasteiger charge is 2.24. The van der Waals surface area contributed by atoms with E-state index in [1.54, 1.807) is 12.7 Å². The van der Waals surface area contributed by atoms with Gasteiger partial charge in [0, 0.05) is 41.6 Å². The summed E-state index contributed by atoms with van der Waals surface area (Å²) in [6.45, 7) is 7.28. The van der Waals surface area contributed by atoms with Gasteiger partial charge < -0.3 is 4.57 Å². The average Bonchev–Trinajstić information content (AvgIpc) is 3.37. The van der Waals surface area contributed by atoms with Crippen LogP contribution in [0.2, 0.25) is 5.02 Å². The molecule has 0 saturated carbocycles. The van der Waals surface area contributed by atoms with Gasteiger partial charge in [0.25, 0.3) is 0 Å². The summed E-state index contributed by atoms with van der Waals surface area (Å²) < 4.78 is 4.19. The van der Waals surface area contributed by atoms with Crippen LogP contribution in [0.25, 0.3) is 0 Å². The van der Waals surface area contributed by atoms with Crippen molar-refractivity contribution in [2.24, 2.45) is 0 Å². The number of halogens is 1. The number of ketones is 1. The number of likely N-dealkylation sites (tertiary alicyclic amines) is 1. The Morgan fingerprint density at radius 2 is 1.90 bits per heavy atom. The molecule has 0 radical (unpaired) electrons. The Bertz CT molecular complexity index is 986. The number of aryl methyl sites for hydroxylation is 2. The number of hydrogen-bond acceptors (Lipinski definition) is 4. The first-order valence-electron chi connectivity index (χ1n) is 10.5. The number of aromatic nitrogens is 4. The molecular weight excluding hydrogens is 398 g/mol. The van der Waals surface area contributed by atoms with Crippen LogP contribution in [0.3, 0.4) is 0 Å². The third kappa shape index (κ3) is 4.65. The molecule has 0 amide bonds. The zero-order valence-electron chi connectivity index (χ0n) is 17.6. The molecule has 0 spiro atoms. The van der Waals surface area contributed by atoms with Crippen LogP contribution in [0.1, 0.15) is 46.2 Å². The highest BCUT2D eigenvalue weighted by atomic mass is 35.5. The van der Waals surface area contributed by atoms with Gasteiger partial charge in [-0.2, -0.15) is 5.10 Å². The van der Waals surface area contributed by atoms with Gasteiger partial charge in [0.1, 0.15) is 12.7 Å². The van der Waals surface area contributed by atoms with Crippen molar-refractivity contribution < 1.29 is 4.79 Å². The molecule has 1 aliphatic heterocycles. The largest absolute Gasteiger partial charge is 0.348 e. The Kier molecular flexibility index (Phi) is 6.35. The lowest BCUT2D eigenvalue weighted by atomic mass is 10.0. The van der Waals surface area contributed by atoms with E-state index in [4.69, 9.17) is 11.6 Å². The molecule has 30 heavy (non-hydrogen) atoms. The van der Waals surface area contributed by atoms with E-state index in [0.29, 0.717) is 12.6 Å². The summed E-state index contributed by atoms with van der Waals surface area (Å²) in [5.74, 6) is 0.208. The molecule has 3 aromatic rings. The minimum absolute atomic E-state index is 0.208. The van der Waals surface area contributed by atoms with Gasteiger partial charge in [-0.3, -0.25) is 9.69 Å². The lowest BCUT2D eigenvalue weighted by Crippen LogP contribution is -2.38. The third-order valence-electron chi connectivity index (χ3n) is 6.15. The van der Waals surface area contributed by atoms with Crippen molar-refractivity contribution in [2.45, 2.75) is 45.7 Å². The molecule has 6 nitrogen and oxygen atoms in total. The minimum Gasteiger partial charge on any atom is -0.348 e. The molecule has 2 aromatic heterocycles. The van der Waals surface area contributed by atoms with Gasteiger partial charge in [-0.25, -0.2) is 9.67 Å². The van der Waals surface area contributed by atoms with Crippen LogP contribution < -0.4 is 0 Å². The molecule has 158 valence electrons. The lowest BCUT2D eigenvalue weighted by Gasteiger charge is -2.31. The fourth-order valence-electron chi connectivity index (χ4n) is 4.36. The maximum Gasteiger partial charge on any atom is 0.178 e. The molecule has 0 bridgehead atoms. The molecule has 0 aliphatic carbocycles. The van der Waals surface area contributed by atoms with Crippen molar-refractivity contribution in [1.82, 2.24) is 24.2 Å². The van der Waals surface area contributed by atoms with Crippen molar-refractivity contribution in [3.63, 3.8) is 0 Å². The third-order valence-corrected chi connectivity index (χ3v) is 6.40. The molecule has 1 saturated heterocycles. The quantitative estimate of drug-likeness (QED) is 0.534. The summed E-state index contributed by atoms with van der Waals surface area (Å²) in [6, 6.07) is 10.4. The van der Waals surface area contributed by atoms with E-state index in [1.807, 2.05) is 22.9 Å². The predicted molar refractivity (Wildman–Crippen MR) is 118 cm³/mol. The zero-order valence-corrected chi connectivity index (χ0v) is 18.3. The summed E-state index contributed by atoms with van der Waals surface area (Å²) in [4.78, 5) is 19.3. The van der Waals surface area contributed by atoms with E-state index in [-0.39, 0.29) is 5.78 Å². The molecule has 1 fully saturated rings. The van der Waals surface area contributed by atoms with Gasteiger partial charge in [0.15, 0.2) is 5.78 Å². The first kappa shape index (κ1) is 20.8. The predicted octanol–water partition coefficient (Wildman–Crippen LogP) is 4.11. The van der Waals surface area contributed by atoms with Crippen molar-refractivity contribution in [3.05, 3.63) is 70.5 Å². The van der Waals surface area contributed by atoms with Crippen LogP contribution >= 0.6 is 11.6 Å². The normalized spacial score (nSPS) is 15.6. The molecule has 1 aliphatic rings. The maximum absolute atomic E-state index is 13.0. The summed E-state index contributed by atoms with van der Waals surface area (Å²) in [7, 11) is 0. The number of rotatable bonds is 7. The number of hydrogen-bond donors (Lipinski definition) is 0. The van der Waals surface area contributed by atoms with Crippen molar-refractivity contribution >= 4 is 17.4 Å². The van der Waals surface area contributed by atoms with Crippen molar-refractivity contribution in [3.8, 4) is 0 Å². The highest BCUT2D eigenvalue weighted by molar-refractivity contribution is 6.30. The van der Waals surface area contributed by atoms with Crippen LogP contribution in [0.4, 0.5) is 0 Å². The van der Waals surface area contributed by atoms with Crippen molar-refractivity contribution in [1.29, 1.82) is 0 Å².